The average molecular weight is 409 g/mol. The largest absolute Gasteiger partial charge is 0.456 e. The van der Waals surface area contributed by atoms with Gasteiger partial charge in [-0.2, -0.15) is 0 Å². The fourth-order valence-electron chi connectivity index (χ4n) is 3.99. The molecule has 0 amide bonds. The maximum atomic E-state index is 6.10. The number of nitrogens with zero attached hydrogens (tertiary/aromatic N) is 3. The highest BCUT2D eigenvalue weighted by molar-refractivity contribution is 6.06. The van der Waals surface area contributed by atoms with Crippen molar-refractivity contribution in [2.24, 2.45) is 0 Å². The van der Waals surface area contributed by atoms with Crippen LogP contribution in [0.2, 0.25) is 0 Å². The van der Waals surface area contributed by atoms with Gasteiger partial charge in [-0.05, 0) is 55.5 Å². The van der Waals surface area contributed by atoms with E-state index in [-0.39, 0.29) is 0 Å². The second kappa shape index (κ2) is 8.63. The highest BCUT2D eigenvalue weighted by Gasteiger charge is 2.10. The number of hydrogen-bond acceptors (Lipinski definition) is 4. The Hall–Kier alpha value is -3.62. The fraction of sp³-hybridized carbons (Fsp3) is 0.231. The van der Waals surface area contributed by atoms with Crippen LogP contribution in [0.5, 0.6) is 11.5 Å². The smallest absolute Gasteiger partial charge is 0.146 e. The number of H-pyrrole nitrogens is 1. The van der Waals surface area contributed by atoms with Gasteiger partial charge in [-0.25, -0.2) is 9.97 Å². The van der Waals surface area contributed by atoms with Crippen LogP contribution in [-0.4, -0.2) is 32.9 Å². The van der Waals surface area contributed by atoms with E-state index in [0.717, 1.165) is 65.9 Å². The molecule has 0 radical (unpaired) electrons. The summed E-state index contributed by atoms with van der Waals surface area (Å²) in [6.45, 7) is 5.02. The molecular weight excluding hydrogens is 384 g/mol. The summed E-state index contributed by atoms with van der Waals surface area (Å²) < 4.78 is 6.10. The molecule has 4 heterocycles. The summed E-state index contributed by atoms with van der Waals surface area (Å²) in [5.74, 6) is 7.42. The lowest BCUT2D eigenvalue weighted by Gasteiger charge is -2.19. The molecule has 0 bridgehead atoms. The minimum absolute atomic E-state index is 0.708. The van der Waals surface area contributed by atoms with E-state index in [1.807, 2.05) is 31.2 Å². The molecule has 0 aliphatic carbocycles. The van der Waals surface area contributed by atoms with Crippen LogP contribution in [0.4, 0.5) is 0 Å². The lowest BCUT2D eigenvalue weighted by atomic mass is 10.2. The zero-order valence-electron chi connectivity index (χ0n) is 17.6. The SMILES string of the molecule is CC#Cc1cc2c(cn1)[nH]c1ncc(Oc3ccc(CN4CCC=CCC4)cc3)cc12. The summed E-state index contributed by atoms with van der Waals surface area (Å²) in [4.78, 5) is 14.7. The number of rotatable bonds is 4. The molecule has 0 saturated heterocycles. The van der Waals surface area contributed by atoms with Crippen LogP contribution in [0.25, 0.3) is 21.9 Å². The molecule has 5 heteroatoms. The zero-order chi connectivity index (χ0) is 21.0. The lowest BCUT2D eigenvalue weighted by Crippen LogP contribution is -2.24. The van der Waals surface area contributed by atoms with E-state index < -0.39 is 0 Å². The van der Waals surface area contributed by atoms with Crippen LogP contribution in [0.1, 0.15) is 31.0 Å². The van der Waals surface area contributed by atoms with Crippen LogP contribution in [0.3, 0.4) is 0 Å². The van der Waals surface area contributed by atoms with Crippen LogP contribution >= 0.6 is 0 Å². The number of pyridine rings is 2. The first-order valence-corrected chi connectivity index (χ1v) is 10.6. The van der Waals surface area contributed by atoms with Crippen molar-refractivity contribution in [1.82, 2.24) is 19.9 Å². The quantitative estimate of drug-likeness (QED) is 0.361. The van der Waals surface area contributed by atoms with Gasteiger partial charge in [0.1, 0.15) is 22.8 Å². The Kier molecular flexibility index (Phi) is 5.39. The van der Waals surface area contributed by atoms with Gasteiger partial charge in [-0.15, -0.1) is 0 Å². The molecule has 1 aromatic carbocycles. The number of benzene rings is 1. The molecule has 0 unspecified atom stereocenters. The van der Waals surface area contributed by atoms with Crippen molar-refractivity contribution in [1.29, 1.82) is 0 Å². The third-order valence-electron chi connectivity index (χ3n) is 5.52. The number of fused-ring (bicyclic) bond motifs is 3. The predicted octanol–water partition coefficient (Wildman–Crippen LogP) is 5.43. The third-order valence-corrected chi connectivity index (χ3v) is 5.52. The van der Waals surface area contributed by atoms with Gasteiger partial charge in [0.2, 0.25) is 0 Å². The van der Waals surface area contributed by atoms with Crippen molar-refractivity contribution in [3.05, 3.63) is 72.2 Å². The second-order valence-electron chi connectivity index (χ2n) is 7.75. The van der Waals surface area contributed by atoms with E-state index in [0.29, 0.717) is 5.75 Å². The molecule has 5 nitrogen and oxygen atoms in total. The minimum Gasteiger partial charge on any atom is -0.456 e. The van der Waals surface area contributed by atoms with Crippen molar-refractivity contribution in [2.45, 2.75) is 26.3 Å². The minimum atomic E-state index is 0.708. The van der Waals surface area contributed by atoms with Crippen LogP contribution < -0.4 is 4.74 Å². The Morgan fingerprint density at radius 1 is 0.968 bits per heavy atom. The number of nitrogens with one attached hydrogen (secondary N) is 1. The summed E-state index contributed by atoms with van der Waals surface area (Å²) in [6.07, 6.45) is 10.4. The maximum absolute atomic E-state index is 6.10. The fourth-order valence-corrected chi connectivity index (χ4v) is 3.99. The van der Waals surface area contributed by atoms with E-state index in [2.05, 4.69) is 56.0 Å². The van der Waals surface area contributed by atoms with Gasteiger partial charge in [0.15, 0.2) is 0 Å². The third kappa shape index (κ3) is 4.30. The normalized spacial score (nSPS) is 14.4. The Morgan fingerprint density at radius 2 is 1.77 bits per heavy atom. The topological polar surface area (TPSA) is 54.0 Å². The molecule has 31 heavy (non-hydrogen) atoms. The molecule has 1 aliphatic heterocycles. The van der Waals surface area contributed by atoms with Crippen molar-refractivity contribution in [2.75, 3.05) is 13.1 Å². The van der Waals surface area contributed by atoms with Crippen LogP contribution in [0, 0.1) is 11.8 Å². The maximum Gasteiger partial charge on any atom is 0.146 e. The highest BCUT2D eigenvalue weighted by atomic mass is 16.5. The monoisotopic (exact) mass is 408 g/mol. The standard InChI is InChI=1S/C26H24N4O/c1-2-7-20-14-23-24-15-22(16-28-26(24)29-25(23)17-27-20)31-21-10-8-19(9-11-21)18-30-12-5-3-4-6-13-30/h3-4,8-11,14-17H,5-6,12-13,18H2,1H3,(H,28,29). The Morgan fingerprint density at radius 3 is 2.55 bits per heavy atom. The number of aromatic nitrogens is 3. The molecule has 154 valence electrons. The summed E-state index contributed by atoms with van der Waals surface area (Å²) in [6, 6.07) is 12.4. The van der Waals surface area contributed by atoms with Crippen LogP contribution in [0.15, 0.2) is 60.9 Å². The molecular formula is C26H24N4O. The first kappa shape index (κ1) is 19.3. The van der Waals surface area contributed by atoms with Gasteiger partial charge in [-0.1, -0.05) is 30.2 Å². The number of hydrogen-bond donors (Lipinski definition) is 1. The van der Waals surface area contributed by atoms with Gasteiger partial charge < -0.3 is 9.72 Å². The van der Waals surface area contributed by atoms with Gasteiger partial charge in [0.05, 0.1) is 17.9 Å². The van der Waals surface area contributed by atoms with Gasteiger partial charge in [-0.3, -0.25) is 4.90 Å². The summed E-state index contributed by atoms with van der Waals surface area (Å²) in [7, 11) is 0. The van der Waals surface area contributed by atoms with Crippen molar-refractivity contribution in [3.63, 3.8) is 0 Å². The second-order valence-corrected chi connectivity index (χ2v) is 7.75. The van der Waals surface area contributed by atoms with Gasteiger partial charge in [0, 0.05) is 30.4 Å². The number of ether oxygens (including phenoxy) is 1. The summed E-state index contributed by atoms with van der Waals surface area (Å²) >= 11 is 0. The molecule has 0 fully saturated rings. The molecule has 0 saturated carbocycles. The molecule has 0 spiro atoms. The zero-order valence-corrected chi connectivity index (χ0v) is 17.6. The van der Waals surface area contributed by atoms with Gasteiger partial charge >= 0.3 is 0 Å². The van der Waals surface area contributed by atoms with Crippen molar-refractivity contribution >= 4 is 21.9 Å². The molecule has 5 rings (SSSR count). The molecule has 3 aromatic heterocycles. The van der Waals surface area contributed by atoms with Gasteiger partial charge in [0.25, 0.3) is 0 Å². The van der Waals surface area contributed by atoms with Crippen molar-refractivity contribution < 1.29 is 4.74 Å². The van der Waals surface area contributed by atoms with E-state index in [1.54, 1.807) is 12.4 Å². The Bertz CT molecular complexity index is 1300. The van der Waals surface area contributed by atoms with Crippen molar-refractivity contribution in [3.8, 4) is 23.3 Å². The van der Waals surface area contributed by atoms with E-state index in [9.17, 15) is 0 Å². The van der Waals surface area contributed by atoms with E-state index in [4.69, 9.17) is 4.74 Å². The van der Waals surface area contributed by atoms with Crippen LogP contribution in [-0.2, 0) is 6.54 Å². The molecule has 0 atom stereocenters. The molecule has 1 aliphatic rings. The number of aromatic amines is 1. The molecule has 4 aromatic rings. The first-order valence-electron chi connectivity index (χ1n) is 10.6. The molecule has 1 N–H and O–H groups in total. The lowest BCUT2D eigenvalue weighted by molar-refractivity contribution is 0.281. The summed E-state index contributed by atoms with van der Waals surface area (Å²) in [5.41, 5.74) is 3.80. The Balaban J connectivity index is 1.35. The Labute approximate surface area is 181 Å². The first-order chi connectivity index (χ1) is 15.3. The summed E-state index contributed by atoms with van der Waals surface area (Å²) in [5, 5.41) is 2.04. The highest BCUT2D eigenvalue weighted by Crippen LogP contribution is 2.29. The van der Waals surface area contributed by atoms with E-state index >= 15 is 0 Å². The predicted molar refractivity (Wildman–Crippen MR) is 124 cm³/mol. The van der Waals surface area contributed by atoms with E-state index in [1.165, 1.54) is 5.56 Å². The average Bonchev–Trinajstić information content (AvgIpc) is 2.94.